The highest BCUT2D eigenvalue weighted by Gasteiger charge is 2.04. The number of hydrogen-bond acceptors (Lipinski definition) is 4. The number of hydrogen-bond donors (Lipinski definition) is 0. The van der Waals surface area contributed by atoms with E-state index >= 15 is 0 Å². The highest BCUT2D eigenvalue weighted by Crippen LogP contribution is 2.16. The Labute approximate surface area is 118 Å². The lowest BCUT2D eigenvalue weighted by atomic mass is 10.3. The van der Waals surface area contributed by atoms with Crippen LogP contribution in [-0.2, 0) is 6.54 Å². The van der Waals surface area contributed by atoms with Crippen LogP contribution in [0.1, 0.15) is 19.8 Å². The maximum absolute atomic E-state index is 5.65. The van der Waals surface area contributed by atoms with Gasteiger partial charge in [0.05, 0.1) is 6.61 Å². The van der Waals surface area contributed by atoms with Crippen molar-refractivity contribution in [3.05, 3.63) is 36.7 Å². The maximum Gasteiger partial charge on any atom is 0.191 e. The van der Waals surface area contributed by atoms with Gasteiger partial charge in [-0.05, 0) is 18.6 Å². The summed E-state index contributed by atoms with van der Waals surface area (Å²) < 4.78 is 7.75. The van der Waals surface area contributed by atoms with Gasteiger partial charge in [0.2, 0.25) is 0 Å². The van der Waals surface area contributed by atoms with Gasteiger partial charge in [-0.15, -0.1) is 10.2 Å². The lowest BCUT2D eigenvalue weighted by molar-refractivity contribution is 0.344. The monoisotopic (exact) mass is 277 g/mol. The van der Waals surface area contributed by atoms with Crippen LogP contribution in [0.5, 0.6) is 5.75 Å². The van der Waals surface area contributed by atoms with E-state index in [1.807, 2.05) is 30.3 Å². The number of aromatic nitrogens is 3. The Morgan fingerprint density at radius 2 is 2.11 bits per heavy atom. The van der Waals surface area contributed by atoms with Gasteiger partial charge < -0.3 is 9.30 Å². The van der Waals surface area contributed by atoms with Gasteiger partial charge in [-0.25, -0.2) is 0 Å². The molecule has 0 aliphatic rings. The summed E-state index contributed by atoms with van der Waals surface area (Å²) in [5.41, 5.74) is 0. The highest BCUT2D eigenvalue weighted by molar-refractivity contribution is 7.99. The van der Waals surface area contributed by atoms with E-state index < -0.39 is 0 Å². The third-order valence-electron chi connectivity index (χ3n) is 2.66. The minimum atomic E-state index is 0.676. The Balaban J connectivity index is 1.72. The first-order valence-electron chi connectivity index (χ1n) is 6.58. The van der Waals surface area contributed by atoms with E-state index in [2.05, 4.69) is 21.7 Å². The zero-order chi connectivity index (χ0) is 13.3. The Morgan fingerprint density at radius 1 is 1.26 bits per heavy atom. The molecule has 0 fully saturated rings. The Hall–Kier alpha value is -1.49. The van der Waals surface area contributed by atoms with Crippen LogP contribution < -0.4 is 4.74 Å². The van der Waals surface area contributed by atoms with Crippen LogP contribution in [0.4, 0.5) is 0 Å². The second-order valence-electron chi connectivity index (χ2n) is 4.17. The van der Waals surface area contributed by atoms with Gasteiger partial charge in [0, 0.05) is 12.3 Å². The van der Waals surface area contributed by atoms with E-state index in [0.29, 0.717) is 6.61 Å². The molecule has 2 rings (SSSR count). The molecule has 0 atom stereocenters. The number of para-hydroxylation sites is 1. The number of ether oxygens (including phenoxy) is 1. The molecule has 0 N–H and O–H groups in total. The molecule has 0 unspecified atom stereocenters. The first-order chi connectivity index (χ1) is 9.40. The maximum atomic E-state index is 5.65. The molecule has 0 radical (unpaired) electrons. The van der Waals surface area contributed by atoms with Crippen molar-refractivity contribution >= 4 is 11.8 Å². The van der Waals surface area contributed by atoms with Crippen molar-refractivity contribution in [2.24, 2.45) is 0 Å². The number of unbranched alkanes of at least 4 members (excludes halogenated alkanes) is 1. The number of nitrogens with zero attached hydrogens (tertiary/aromatic N) is 3. The summed E-state index contributed by atoms with van der Waals surface area (Å²) in [6.07, 6.45) is 4.14. The van der Waals surface area contributed by atoms with Crippen molar-refractivity contribution in [1.82, 2.24) is 14.8 Å². The van der Waals surface area contributed by atoms with Crippen LogP contribution in [0.25, 0.3) is 0 Å². The molecule has 1 heterocycles. The van der Waals surface area contributed by atoms with Gasteiger partial charge in [0.15, 0.2) is 5.16 Å². The predicted octanol–water partition coefficient (Wildman–Crippen LogP) is 3.25. The van der Waals surface area contributed by atoms with E-state index in [0.717, 1.165) is 29.6 Å². The van der Waals surface area contributed by atoms with Crippen LogP contribution in [0, 0.1) is 0 Å². The van der Waals surface area contributed by atoms with E-state index in [-0.39, 0.29) is 0 Å². The molecule has 1 aromatic carbocycles. The largest absolute Gasteiger partial charge is 0.493 e. The molecule has 0 bridgehead atoms. The summed E-state index contributed by atoms with van der Waals surface area (Å²) in [7, 11) is 0. The molecule has 0 aliphatic heterocycles. The summed E-state index contributed by atoms with van der Waals surface area (Å²) in [6.45, 7) is 3.85. The van der Waals surface area contributed by atoms with Crippen LogP contribution in [-0.4, -0.2) is 27.1 Å². The van der Waals surface area contributed by atoms with Crippen LogP contribution >= 0.6 is 11.8 Å². The van der Waals surface area contributed by atoms with Gasteiger partial charge in [0.1, 0.15) is 12.1 Å². The molecule has 0 amide bonds. The van der Waals surface area contributed by atoms with Crippen molar-refractivity contribution in [3.63, 3.8) is 0 Å². The molecule has 4 nitrogen and oxygen atoms in total. The van der Waals surface area contributed by atoms with E-state index in [9.17, 15) is 0 Å². The highest BCUT2D eigenvalue weighted by atomic mass is 32.2. The molecule has 1 aromatic heterocycles. The summed E-state index contributed by atoms with van der Waals surface area (Å²) in [5.74, 6) is 1.79. The quantitative estimate of drug-likeness (QED) is 0.548. The van der Waals surface area contributed by atoms with Gasteiger partial charge in [-0.2, -0.15) is 0 Å². The average Bonchev–Trinajstić information content (AvgIpc) is 2.90. The topological polar surface area (TPSA) is 39.9 Å². The molecule has 0 saturated heterocycles. The van der Waals surface area contributed by atoms with Crippen molar-refractivity contribution in [3.8, 4) is 5.75 Å². The Morgan fingerprint density at radius 3 is 2.89 bits per heavy atom. The van der Waals surface area contributed by atoms with E-state index in [4.69, 9.17) is 4.74 Å². The zero-order valence-electron chi connectivity index (χ0n) is 11.2. The third kappa shape index (κ3) is 4.59. The van der Waals surface area contributed by atoms with Crippen molar-refractivity contribution < 1.29 is 4.74 Å². The lowest BCUT2D eigenvalue weighted by Gasteiger charge is -2.06. The van der Waals surface area contributed by atoms with Crippen LogP contribution in [0.3, 0.4) is 0 Å². The summed E-state index contributed by atoms with van der Waals surface area (Å²) in [5, 5.41) is 9.07. The first-order valence-corrected chi connectivity index (χ1v) is 7.57. The summed E-state index contributed by atoms with van der Waals surface area (Å²) >= 11 is 1.69. The average molecular weight is 277 g/mol. The normalized spacial score (nSPS) is 10.6. The van der Waals surface area contributed by atoms with E-state index in [1.54, 1.807) is 18.1 Å². The fraction of sp³-hybridized carbons (Fsp3) is 0.429. The molecular formula is C14H19N3OS. The second kappa shape index (κ2) is 7.84. The van der Waals surface area contributed by atoms with Gasteiger partial charge >= 0.3 is 0 Å². The van der Waals surface area contributed by atoms with Crippen molar-refractivity contribution in [2.75, 3.05) is 12.4 Å². The summed E-state index contributed by atoms with van der Waals surface area (Å²) in [6, 6.07) is 9.87. The number of aryl methyl sites for hydroxylation is 1. The zero-order valence-corrected chi connectivity index (χ0v) is 12.0. The number of rotatable bonds is 8. The minimum absolute atomic E-state index is 0.676. The molecule has 2 aromatic rings. The lowest BCUT2D eigenvalue weighted by Crippen LogP contribution is -2.03. The SMILES string of the molecule is CCCCn1cnnc1SCCOc1ccccc1. The fourth-order valence-electron chi connectivity index (χ4n) is 1.65. The number of benzene rings is 1. The molecule has 102 valence electrons. The smallest absolute Gasteiger partial charge is 0.191 e. The van der Waals surface area contributed by atoms with Crippen molar-refractivity contribution in [2.45, 2.75) is 31.5 Å². The summed E-state index contributed by atoms with van der Waals surface area (Å²) in [4.78, 5) is 0. The molecule has 0 aliphatic carbocycles. The standard InChI is InChI=1S/C14H19N3OS/c1-2-3-9-17-12-15-16-14(17)19-11-10-18-13-7-5-4-6-8-13/h4-8,12H,2-3,9-11H2,1H3. The molecule has 0 saturated carbocycles. The molecule has 5 heteroatoms. The third-order valence-corrected chi connectivity index (χ3v) is 3.60. The van der Waals surface area contributed by atoms with Gasteiger partial charge in [-0.1, -0.05) is 43.3 Å². The van der Waals surface area contributed by atoms with Crippen LogP contribution in [0.15, 0.2) is 41.8 Å². The van der Waals surface area contributed by atoms with E-state index in [1.165, 1.54) is 6.42 Å². The van der Waals surface area contributed by atoms with Crippen molar-refractivity contribution in [1.29, 1.82) is 0 Å². The Bertz CT molecular complexity index is 473. The van der Waals surface area contributed by atoms with Crippen LogP contribution in [0.2, 0.25) is 0 Å². The molecule has 19 heavy (non-hydrogen) atoms. The fourth-order valence-corrected chi connectivity index (χ4v) is 2.41. The molecule has 0 spiro atoms. The van der Waals surface area contributed by atoms with Gasteiger partial charge in [-0.3, -0.25) is 0 Å². The first kappa shape index (κ1) is 13.9. The minimum Gasteiger partial charge on any atom is -0.493 e. The number of thioether (sulfide) groups is 1. The predicted molar refractivity (Wildman–Crippen MR) is 77.6 cm³/mol. The second-order valence-corrected chi connectivity index (χ2v) is 5.23. The Kier molecular flexibility index (Phi) is 5.75. The molecular weight excluding hydrogens is 258 g/mol. The van der Waals surface area contributed by atoms with Gasteiger partial charge in [0.25, 0.3) is 0 Å².